The molecule has 0 spiro atoms. The predicted molar refractivity (Wildman–Crippen MR) is 173 cm³/mol. The maximum absolute atomic E-state index is 6.76. The molecule has 6 rings (SSSR count). The van der Waals surface area contributed by atoms with E-state index < -0.39 is 12.2 Å². The summed E-state index contributed by atoms with van der Waals surface area (Å²) in [7, 11) is 0. The molecule has 0 saturated carbocycles. The third kappa shape index (κ3) is 8.44. The van der Waals surface area contributed by atoms with Crippen LogP contribution < -0.4 is 4.74 Å². The minimum atomic E-state index is -0.408. The predicted octanol–water partition coefficient (Wildman–Crippen LogP) is 7.80. The maximum atomic E-state index is 6.76. The van der Waals surface area contributed by atoms with E-state index in [4.69, 9.17) is 28.7 Å². The third-order valence-electron chi connectivity index (χ3n) is 7.87. The van der Waals surface area contributed by atoms with E-state index in [0.29, 0.717) is 38.9 Å². The van der Waals surface area contributed by atoms with Crippen molar-refractivity contribution in [1.82, 2.24) is 4.98 Å². The molecule has 1 aromatic heterocycles. The number of ether oxygens (including phenoxy) is 5. The number of aryl methyl sites for hydroxylation is 1. The van der Waals surface area contributed by atoms with Gasteiger partial charge in [0.15, 0.2) is 0 Å². The average Bonchev–Trinajstić information content (AvgIpc) is 3.44. The second kappa shape index (κ2) is 15.6. The minimum Gasteiger partial charge on any atom is -0.473 e. The van der Waals surface area contributed by atoms with Crippen LogP contribution in [0.4, 0.5) is 0 Å². The van der Waals surface area contributed by atoms with Crippen molar-refractivity contribution in [1.29, 1.82) is 0 Å². The number of hydrogen-bond acceptors (Lipinski definition) is 6. The lowest BCUT2D eigenvalue weighted by Gasteiger charge is -2.25. The van der Waals surface area contributed by atoms with Crippen molar-refractivity contribution < 1.29 is 23.7 Å². The number of pyridine rings is 1. The fraction of sp³-hybridized carbons (Fsp3) is 0.256. The molecule has 4 atom stereocenters. The number of hydrogen-bond donors (Lipinski definition) is 0. The third-order valence-corrected chi connectivity index (χ3v) is 7.87. The summed E-state index contributed by atoms with van der Waals surface area (Å²) in [4.78, 5) is 4.71. The van der Waals surface area contributed by atoms with Crippen LogP contribution in [0.3, 0.4) is 0 Å². The van der Waals surface area contributed by atoms with Crippen molar-refractivity contribution in [2.75, 3.05) is 6.61 Å². The van der Waals surface area contributed by atoms with Crippen LogP contribution in [0.1, 0.15) is 39.5 Å². The Hall–Kier alpha value is -4.33. The van der Waals surface area contributed by atoms with Crippen LogP contribution >= 0.6 is 0 Å². The summed E-state index contributed by atoms with van der Waals surface area (Å²) in [6.45, 7) is 4.17. The highest BCUT2D eigenvalue weighted by atomic mass is 16.6. The van der Waals surface area contributed by atoms with E-state index in [1.807, 2.05) is 98.0 Å². The lowest BCUT2D eigenvalue weighted by molar-refractivity contribution is -0.0898. The van der Waals surface area contributed by atoms with Gasteiger partial charge in [-0.1, -0.05) is 121 Å². The molecule has 3 unspecified atom stereocenters. The summed E-state index contributed by atoms with van der Waals surface area (Å²) in [6, 6.07) is 42.7. The molecule has 1 saturated heterocycles. The van der Waals surface area contributed by atoms with Gasteiger partial charge in [0, 0.05) is 17.3 Å². The first-order valence-corrected chi connectivity index (χ1v) is 15.4. The fourth-order valence-corrected chi connectivity index (χ4v) is 5.53. The Morgan fingerprint density at radius 3 is 1.62 bits per heavy atom. The van der Waals surface area contributed by atoms with Crippen molar-refractivity contribution in [2.24, 2.45) is 0 Å². The maximum Gasteiger partial charge on any atom is 0.216 e. The number of aromatic nitrogens is 1. The SMILES string of the molecule is Cc1cc(C2O[C@H](COCc3ccccc3)C(OCc3ccccc3)C2OCc2ccccc2)cnc1OCc1ccccc1. The molecule has 0 bridgehead atoms. The van der Waals surface area contributed by atoms with Gasteiger partial charge >= 0.3 is 0 Å². The van der Waals surface area contributed by atoms with Crippen molar-refractivity contribution in [3.8, 4) is 5.88 Å². The normalized spacial score (nSPS) is 19.4. The van der Waals surface area contributed by atoms with Crippen molar-refractivity contribution in [3.05, 3.63) is 167 Å². The molecule has 230 valence electrons. The van der Waals surface area contributed by atoms with Gasteiger partial charge in [-0.05, 0) is 35.2 Å². The van der Waals surface area contributed by atoms with E-state index in [2.05, 4.69) is 42.5 Å². The molecule has 1 aliphatic heterocycles. The van der Waals surface area contributed by atoms with Gasteiger partial charge in [-0.15, -0.1) is 0 Å². The molecule has 0 radical (unpaired) electrons. The molecular weight excluding hydrogens is 562 g/mol. The van der Waals surface area contributed by atoms with Crippen molar-refractivity contribution >= 4 is 0 Å². The molecule has 4 aromatic carbocycles. The largest absolute Gasteiger partial charge is 0.473 e. The van der Waals surface area contributed by atoms with Gasteiger partial charge in [0.05, 0.1) is 26.4 Å². The zero-order valence-corrected chi connectivity index (χ0v) is 25.5. The minimum absolute atomic E-state index is 0.350. The number of nitrogens with zero attached hydrogens (tertiary/aromatic N) is 1. The molecule has 1 fully saturated rings. The van der Waals surface area contributed by atoms with Crippen LogP contribution in [0.2, 0.25) is 0 Å². The van der Waals surface area contributed by atoms with E-state index in [9.17, 15) is 0 Å². The Balaban J connectivity index is 1.24. The van der Waals surface area contributed by atoms with Gasteiger partial charge in [-0.2, -0.15) is 0 Å². The first-order chi connectivity index (χ1) is 22.2. The van der Waals surface area contributed by atoms with Gasteiger partial charge in [-0.3, -0.25) is 0 Å². The van der Waals surface area contributed by atoms with Gasteiger partial charge < -0.3 is 23.7 Å². The molecule has 2 heterocycles. The Morgan fingerprint density at radius 1 is 0.600 bits per heavy atom. The topological polar surface area (TPSA) is 59.0 Å². The molecule has 1 aliphatic rings. The number of benzene rings is 4. The van der Waals surface area contributed by atoms with Gasteiger partial charge in [0.2, 0.25) is 5.88 Å². The van der Waals surface area contributed by atoms with E-state index in [1.54, 1.807) is 0 Å². The summed E-state index contributed by atoms with van der Waals surface area (Å²) in [5.41, 5.74) is 6.21. The lowest BCUT2D eigenvalue weighted by Crippen LogP contribution is -2.37. The van der Waals surface area contributed by atoms with Crippen molar-refractivity contribution in [2.45, 2.75) is 57.8 Å². The summed E-state index contributed by atoms with van der Waals surface area (Å²) in [5, 5.41) is 0. The van der Waals surface area contributed by atoms with Crippen LogP contribution in [0.25, 0.3) is 0 Å². The summed E-state index contributed by atoms with van der Waals surface area (Å²) in [5.74, 6) is 0.599. The monoisotopic (exact) mass is 601 g/mol. The molecule has 6 nitrogen and oxygen atoms in total. The second-order valence-corrected chi connectivity index (χ2v) is 11.3. The summed E-state index contributed by atoms with van der Waals surface area (Å²) >= 11 is 0. The van der Waals surface area contributed by atoms with Crippen LogP contribution in [0.15, 0.2) is 134 Å². The molecule has 0 aliphatic carbocycles. The lowest BCUT2D eigenvalue weighted by atomic mass is 10.0. The highest BCUT2D eigenvalue weighted by molar-refractivity contribution is 5.31. The molecule has 0 N–H and O–H groups in total. The Bertz CT molecular complexity index is 1580. The van der Waals surface area contributed by atoms with Crippen LogP contribution in [-0.4, -0.2) is 29.9 Å². The molecule has 45 heavy (non-hydrogen) atoms. The van der Waals surface area contributed by atoms with Crippen molar-refractivity contribution in [3.63, 3.8) is 0 Å². The highest BCUT2D eigenvalue weighted by Crippen LogP contribution is 2.39. The summed E-state index contributed by atoms with van der Waals surface area (Å²) < 4.78 is 32.3. The van der Waals surface area contributed by atoms with Crippen LogP contribution in [0.5, 0.6) is 5.88 Å². The molecular formula is C39H39NO5. The summed E-state index contributed by atoms with van der Waals surface area (Å²) in [6.07, 6.45) is 0.311. The average molecular weight is 602 g/mol. The Kier molecular flexibility index (Phi) is 10.6. The first-order valence-electron chi connectivity index (χ1n) is 15.4. The Morgan fingerprint density at radius 2 is 1.09 bits per heavy atom. The van der Waals surface area contributed by atoms with E-state index in [0.717, 1.165) is 33.4 Å². The van der Waals surface area contributed by atoms with E-state index >= 15 is 0 Å². The second-order valence-electron chi connectivity index (χ2n) is 11.3. The van der Waals surface area contributed by atoms with Crippen LogP contribution in [-0.2, 0) is 45.4 Å². The van der Waals surface area contributed by atoms with E-state index in [-0.39, 0.29) is 12.2 Å². The smallest absolute Gasteiger partial charge is 0.216 e. The standard InChI is InChI=1S/C39H39NO5/c1-29-22-34(23-40-39(29)44-27-33-20-12-5-13-21-33)36-38(43-26-32-18-10-4-11-19-32)37(42-25-31-16-8-3-9-17-31)35(45-36)28-41-24-30-14-6-2-7-15-30/h2-23,35-38H,24-28H2,1H3/t35-,36?,37?,38?/m1/s1. The Labute approximate surface area is 265 Å². The molecule has 6 heteroatoms. The van der Waals surface area contributed by atoms with Gasteiger partial charge in [-0.25, -0.2) is 4.98 Å². The quantitative estimate of drug-likeness (QED) is 0.129. The first kappa shape index (κ1) is 30.7. The molecule has 5 aromatic rings. The zero-order chi connectivity index (χ0) is 30.7. The molecule has 0 amide bonds. The number of rotatable bonds is 14. The van der Waals surface area contributed by atoms with Gasteiger partial charge in [0.1, 0.15) is 31.0 Å². The fourth-order valence-electron chi connectivity index (χ4n) is 5.53. The van der Waals surface area contributed by atoms with E-state index in [1.165, 1.54) is 0 Å². The zero-order valence-electron chi connectivity index (χ0n) is 25.5. The van der Waals surface area contributed by atoms with Crippen LogP contribution in [0, 0.1) is 6.92 Å². The van der Waals surface area contributed by atoms with Gasteiger partial charge in [0.25, 0.3) is 0 Å². The highest BCUT2D eigenvalue weighted by Gasteiger charge is 2.47.